The van der Waals surface area contributed by atoms with Crippen LogP contribution in [0.2, 0.25) is 0 Å². The van der Waals surface area contributed by atoms with E-state index in [-0.39, 0.29) is 35.5 Å². The number of esters is 2. The average Bonchev–Trinajstić information content (AvgIpc) is 2.44. The molecule has 0 aliphatic carbocycles. The molecule has 22 heavy (non-hydrogen) atoms. The molecule has 0 amide bonds. The summed E-state index contributed by atoms with van der Waals surface area (Å²) < 4.78 is 4.74. The summed E-state index contributed by atoms with van der Waals surface area (Å²) in [5.41, 5.74) is 5.63. The minimum atomic E-state index is -0.711. The van der Waals surface area contributed by atoms with Gasteiger partial charge in [-0.05, 0) is 12.3 Å². The molecule has 0 aromatic carbocycles. The number of hydrogen-bond acceptors (Lipinski definition) is 4. The summed E-state index contributed by atoms with van der Waals surface area (Å²) in [6, 6.07) is -0.711. The van der Waals surface area contributed by atoms with Crippen LogP contribution < -0.4 is 5.73 Å². The van der Waals surface area contributed by atoms with E-state index in [0.717, 1.165) is 19.3 Å². The Labute approximate surface area is 158 Å². The van der Waals surface area contributed by atoms with Crippen LogP contribution in [-0.4, -0.2) is 47.5 Å². The Morgan fingerprint density at radius 2 is 1.36 bits per heavy atom. The molecule has 1 atom stereocenters. The molecule has 0 aromatic rings. The fourth-order valence-electron chi connectivity index (χ4n) is 2.08. The van der Waals surface area contributed by atoms with Crippen LogP contribution in [0.15, 0.2) is 0 Å². The van der Waals surface area contributed by atoms with Gasteiger partial charge in [-0.15, -0.1) is 0 Å². The molecular formula is C17H34NNaO3. The number of carbonyl (C=O) groups is 2. The molecule has 0 spiro atoms. The molecule has 0 saturated heterocycles. The molecule has 0 bridgehead atoms. The monoisotopic (exact) mass is 323 g/mol. The number of carbonyl (C=O) groups excluding carboxylic acids is 2. The van der Waals surface area contributed by atoms with Crippen molar-refractivity contribution in [3.63, 3.8) is 0 Å². The number of ether oxygens (including phenoxy) is 1. The predicted octanol–water partition coefficient (Wildman–Crippen LogP) is 3.31. The van der Waals surface area contributed by atoms with Crippen molar-refractivity contribution in [2.24, 2.45) is 11.7 Å². The van der Waals surface area contributed by atoms with Crippen molar-refractivity contribution in [2.45, 2.75) is 91.0 Å². The molecule has 0 aliphatic heterocycles. The minimum absolute atomic E-state index is 0. The van der Waals surface area contributed by atoms with Crippen molar-refractivity contribution in [2.75, 3.05) is 0 Å². The first-order chi connectivity index (χ1) is 9.99. The normalized spacial score (nSPS) is 11.9. The van der Waals surface area contributed by atoms with Crippen LogP contribution in [0.1, 0.15) is 85.0 Å². The van der Waals surface area contributed by atoms with Crippen molar-refractivity contribution >= 4 is 41.5 Å². The van der Waals surface area contributed by atoms with Crippen LogP contribution in [-0.2, 0) is 14.3 Å². The number of rotatable bonds is 12. The van der Waals surface area contributed by atoms with E-state index in [0.29, 0.717) is 6.42 Å². The molecule has 0 aliphatic rings. The van der Waals surface area contributed by atoms with Crippen molar-refractivity contribution in [1.82, 2.24) is 0 Å². The van der Waals surface area contributed by atoms with Crippen LogP contribution in [0.4, 0.5) is 0 Å². The van der Waals surface area contributed by atoms with E-state index in [1.807, 2.05) is 13.8 Å². The summed E-state index contributed by atoms with van der Waals surface area (Å²) in [4.78, 5) is 23.0. The molecule has 0 heterocycles. The summed E-state index contributed by atoms with van der Waals surface area (Å²) in [5, 5.41) is 0. The Morgan fingerprint density at radius 3 is 1.82 bits per heavy atom. The van der Waals surface area contributed by atoms with Gasteiger partial charge in [0, 0.05) is 6.42 Å². The van der Waals surface area contributed by atoms with E-state index < -0.39 is 18.0 Å². The molecule has 0 saturated carbocycles. The Kier molecular flexibility index (Phi) is 17.7. The quantitative estimate of drug-likeness (QED) is 0.259. The van der Waals surface area contributed by atoms with Gasteiger partial charge >= 0.3 is 41.5 Å². The van der Waals surface area contributed by atoms with Gasteiger partial charge < -0.3 is 10.5 Å². The van der Waals surface area contributed by atoms with E-state index in [1.54, 1.807) is 0 Å². The Morgan fingerprint density at radius 1 is 0.909 bits per heavy atom. The van der Waals surface area contributed by atoms with Crippen LogP contribution in [0, 0.1) is 5.92 Å². The molecule has 5 heteroatoms. The van der Waals surface area contributed by atoms with Crippen LogP contribution in [0.25, 0.3) is 0 Å². The zero-order valence-electron chi connectivity index (χ0n) is 14.0. The molecule has 0 fully saturated rings. The average molecular weight is 323 g/mol. The van der Waals surface area contributed by atoms with Gasteiger partial charge in [-0.25, -0.2) is 4.79 Å². The van der Waals surface area contributed by atoms with Gasteiger partial charge in [-0.2, -0.15) is 0 Å². The maximum atomic E-state index is 11.5. The summed E-state index contributed by atoms with van der Waals surface area (Å²) in [5.74, 6) is -1.07. The molecule has 0 aromatic heterocycles. The van der Waals surface area contributed by atoms with Crippen molar-refractivity contribution in [3.05, 3.63) is 0 Å². The molecule has 4 nitrogen and oxygen atoms in total. The van der Waals surface area contributed by atoms with Crippen molar-refractivity contribution in [1.29, 1.82) is 0 Å². The molecular weight excluding hydrogens is 289 g/mol. The second kappa shape index (κ2) is 16.0. The Balaban J connectivity index is 0. The standard InChI is InChI=1S/C17H33NO3.Na.H/c1-4-5-6-7-8-9-10-11-12-13-15(19)21-17(20)16(18)14(2)3;;/h14,16H,4-13,18H2,1-3H3;;. The number of hydrogen-bond donors (Lipinski definition) is 1. The SMILES string of the molecule is CCCCCCCCCCCC(=O)OC(=O)C(N)C(C)C.[NaH]. The maximum absolute atomic E-state index is 11.5. The summed E-state index contributed by atoms with van der Waals surface area (Å²) in [6.45, 7) is 5.88. The molecule has 0 radical (unpaired) electrons. The van der Waals surface area contributed by atoms with Crippen LogP contribution in [0.5, 0.6) is 0 Å². The van der Waals surface area contributed by atoms with Crippen LogP contribution in [0.3, 0.4) is 0 Å². The van der Waals surface area contributed by atoms with E-state index >= 15 is 0 Å². The second-order valence-electron chi connectivity index (χ2n) is 6.14. The molecule has 1 unspecified atom stereocenters. The van der Waals surface area contributed by atoms with Gasteiger partial charge in [0.1, 0.15) is 6.04 Å². The van der Waals surface area contributed by atoms with Crippen LogP contribution >= 0.6 is 0 Å². The number of unbranched alkanes of at least 4 members (excludes halogenated alkanes) is 8. The van der Waals surface area contributed by atoms with Crippen molar-refractivity contribution < 1.29 is 14.3 Å². The van der Waals surface area contributed by atoms with Gasteiger partial charge in [-0.3, -0.25) is 4.79 Å². The third-order valence-electron chi connectivity index (χ3n) is 3.69. The molecule has 0 rings (SSSR count). The number of nitrogens with two attached hydrogens (primary N) is 1. The fourth-order valence-corrected chi connectivity index (χ4v) is 2.08. The van der Waals surface area contributed by atoms with Gasteiger partial charge in [-0.1, -0.05) is 72.1 Å². The molecule has 126 valence electrons. The topological polar surface area (TPSA) is 69.4 Å². The summed E-state index contributed by atoms with van der Waals surface area (Å²) >= 11 is 0. The third-order valence-corrected chi connectivity index (χ3v) is 3.69. The van der Waals surface area contributed by atoms with Gasteiger partial charge in [0.05, 0.1) is 0 Å². The first kappa shape index (κ1) is 24.4. The molecule has 2 N–H and O–H groups in total. The van der Waals surface area contributed by atoms with Gasteiger partial charge in [0.15, 0.2) is 0 Å². The predicted molar refractivity (Wildman–Crippen MR) is 92.9 cm³/mol. The zero-order chi connectivity index (χ0) is 16.1. The van der Waals surface area contributed by atoms with E-state index in [2.05, 4.69) is 6.92 Å². The fraction of sp³-hybridized carbons (Fsp3) is 0.882. The summed E-state index contributed by atoms with van der Waals surface area (Å²) in [7, 11) is 0. The van der Waals surface area contributed by atoms with Gasteiger partial charge in [0.2, 0.25) is 0 Å². The first-order valence-electron chi connectivity index (χ1n) is 8.49. The Hall–Kier alpha value is 0.1000. The van der Waals surface area contributed by atoms with E-state index in [1.165, 1.54) is 38.5 Å². The van der Waals surface area contributed by atoms with Gasteiger partial charge in [0.25, 0.3) is 0 Å². The van der Waals surface area contributed by atoms with Crippen molar-refractivity contribution in [3.8, 4) is 0 Å². The zero-order valence-corrected chi connectivity index (χ0v) is 14.0. The Bertz CT molecular complexity index is 296. The summed E-state index contributed by atoms with van der Waals surface area (Å²) in [6.07, 6.45) is 11.1. The third kappa shape index (κ3) is 13.7. The van der Waals surface area contributed by atoms with E-state index in [4.69, 9.17) is 10.5 Å². The second-order valence-corrected chi connectivity index (χ2v) is 6.14. The van der Waals surface area contributed by atoms with E-state index in [9.17, 15) is 9.59 Å². The first-order valence-corrected chi connectivity index (χ1v) is 8.49.